The van der Waals surface area contributed by atoms with Gasteiger partial charge in [0.25, 0.3) is 5.91 Å². The van der Waals surface area contributed by atoms with Gasteiger partial charge in [0.2, 0.25) is 0 Å². The topological polar surface area (TPSA) is 32.3 Å². The minimum absolute atomic E-state index is 0.113. The van der Waals surface area contributed by atoms with Crippen LogP contribution in [-0.4, -0.2) is 36.5 Å². The molecule has 0 unspecified atom stereocenters. The number of likely N-dealkylation sites (N-methyl/N-ethyl adjacent to an activating group) is 1. The summed E-state index contributed by atoms with van der Waals surface area (Å²) >= 11 is 1.35. The summed E-state index contributed by atoms with van der Waals surface area (Å²) in [5, 5.41) is 3.51. The minimum atomic E-state index is -0.262. The fraction of sp³-hybridized carbons (Fsp3) is 0.471. The van der Waals surface area contributed by atoms with E-state index in [2.05, 4.69) is 31.0 Å². The molecule has 1 aromatic carbocycles. The summed E-state index contributed by atoms with van der Waals surface area (Å²) in [6.45, 7) is 10.6. The lowest BCUT2D eigenvalue weighted by atomic mass is 10.1. The highest BCUT2D eigenvalue weighted by Crippen LogP contribution is 2.32. The number of nitrogens with one attached hydrogen (secondary N) is 1. The van der Waals surface area contributed by atoms with Crippen molar-refractivity contribution in [2.75, 3.05) is 19.6 Å². The third-order valence-corrected chi connectivity index (χ3v) is 5.19. The molecule has 1 amide bonds. The highest BCUT2D eigenvalue weighted by atomic mass is 32.1. The summed E-state index contributed by atoms with van der Waals surface area (Å²) in [4.78, 5) is 15.2. The Morgan fingerprint density at radius 3 is 2.73 bits per heavy atom. The van der Waals surface area contributed by atoms with Crippen molar-refractivity contribution in [1.82, 2.24) is 10.2 Å². The Bertz CT molecular complexity index is 666. The largest absolute Gasteiger partial charge is 0.350 e. The first-order valence-corrected chi connectivity index (χ1v) is 8.47. The monoisotopic (exact) mass is 322 g/mol. The highest BCUT2D eigenvalue weighted by Gasteiger charge is 2.17. The number of hydrogen-bond acceptors (Lipinski definition) is 3. The average molecular weight is 322 g/mol. The maximum absolute atomic E-state index is 13.9. The summed E-state index contributed by atoms with van der Waals surface area (Å²) in [6, 6.07) is 5.43. The van der Waals surface area contributed by atoms with Crippen LogP contribution in [0.25, 0.3) is 10.1 Å². The molecule has 0 saturated carbocycles. The third-order valence-electron chi connectivity index (χ3n) is 3.93. The predicted molar refractivity (Wildman–Crippen MR) is 91.2 cm³/mol. The van der Waals surface area contributed by atoms with Crippen LogP contribution in [0.2, 0.25) is 0 Å². The Balaban J connectivity index is 2.07. The van der Waals surface area contributed by atoms with E-state index in [0.29, 0.717) is 22.8 Å². The van der Waals surface area contributed by atoms with Gasteiger partial charge in [-0.3, -0.25) is 9.69 Å². The normalized spacial score (nSPS) is 11.6. The Kier molecular flexibility index (Phi) is 5.53. The number of nitrogens with zero attached hydrogens (tertiary/aromatic N) is 1. The van der Waals surface area contributed by atoms with Crippen LogP contribution in [0.5, 0.6) is 0 Å². The Morgan fingerprint density at radius 1 is 1.41 bits per heavy atom. The van der Waals surface area contributed by atoms with Crippen LogP contribution in [-0.2, 0) is 0 Å². The van der Waals surface area contributed by atoms with Gasteiger partial charge in [0.05, 0.1) is 4.88 Å². The quantitative estimate of drug-likeness (QED) is 0.877. The molecule has 0 saturated heterocycles. The number of benzene rings is 1. The van der Waals surface area contributed by atoms with Crippen molar-refractivity contribution in [3.05, 3.63) is 34.5 Å². The standard InChI is InChI=1S/C17H23FN2OS/c1-5-20(11(2)3)10-9-19-17(21)16-12(4)15-13(18)7-6-8-14(15)22-16/h6-8,11H,5,9-10H2,1-4H3,(H,19,21). The maximum Gasteiger partial charge on any atom is 0.261 e. The van der Waals surface area contributed by atoms with Gasteiger partial charge in [0, 0.05) is 29.2 Å². The van der Waals surface area contributed by atoms with E-state index in [4.69, 9.17) is 0 Å². The van der Waals surface area contributed by atoms with Crippen molar-refractivity contribution in [3.8, 4) is 0 Å². The van der Waals surface area contributed by atoms with E-state index >= 15 is 0 Å². The second-order valence-electron chi connectivity index (χ2n) is 5.65. The molecule has 3 nitrogen and oxygen atoms in total. The molecule has 0 aliphatic rings. The summed E-state index contributed by atoms with van der Waals surface area (Å²) in [7, 11) is 0. The minimum Gasteiger partial charge on any atom is -0.350 e. The molecule has 0 spiro atoms. The molecule has 1 heterocycles. The molecule has 2 aromatic rings. The first-order chi connectivity index (χ1) is 10.5. The summed E-state index contributed by atoms with van der Waals surface area (Å²) < 4.78 is 14.7. The number of carbonyl (C=O) groups is 1. The van der Waals surface area contributed by atoms with E-state index in [1.54, 1.807) is 6.07 Å². The Hall–Kier alpha value is -1.46. The zero-order valence-corrected chi connectivity index (χ0v) is 14.4. The van der Waals surface area contributed by atoms with Crippen molar-refractivity contribution in [2.24, 2.45) is 0 Å². The third kappa shape index (κ3) is 3.47. The lowest BCUT2D eigenvalue weighted by Gasteiger charge is -2.24. The predicted octanol–water partition coefficient (Wildman–Crippen LogP) is 3.81. The van der Waals surface area contributed by atoms with E-state index in [0.717, 1.165) is 23.4 Å². The van der Waals surface area contributed by atoms with Gasteiger partial charge in [-0.2, -0.15) is 0 Å². The second-order valence-corrected chi connectivity index (χ2v) is 6.70. The van der Waals surface area contributed by atoms with Crippen LogP contribution in [0.3, 0.4) is 0 Å². The number of fused-ring (bicyclic) bond motifs is 1. The molecule has 0 aliphatic heterocycles. The van der Waals surface area contributed by atoms with Crippen molar-refractivity contribution in [2.45, 2.75) is 33.7 Å². The lowest BCUT2D eigenvalue weighted by molar-refractivity contribution is 0.0949. The number of amides is 1. The van der Waals surface area contributed by atoms with Crippen LogP contribution >= 0.6 is 11.3 Å². The van der Waals surface area contributed by atoms with Crippen molar-refractivity contribution in [3.63, 3.8) is 0 Å². The molecule has 1 aromatic heterocycles. The van der Waals surface area contributed by atoms with Crippen LogP contribution in [0.1, 0.15) is 36.0 Å². The van der Waals surface area contributed by atoms with Crippen molar-refractivity contribution >= 4 is 27.3 Å². The van der Waals surface area contributed by atoms with E-state index in [9.17, 15) is 9.18 Å². The molecule has 0 atom stereocenters. The Labute approximate surface area is 135 Å². The van der Waals surface area contributed by atoms with E-state index in [1.165, 1.54) is 17.4 Å². The van der Waals surface area contributed by atoms with Crippen LogP contribution in [0.4, 0.5) is 4.39 Å². The molecule has 120 valence electrons. The summed E-state index contributed by atoms with van der Waals surface area (Å²) in [5.74, 6) is -0.375. The fourth-order valence-corrected chi connectivity index (χ4v) is 3.78. The van der Waals surface area contributed by atoms with Crippen molar-refractivity contribution < 1.29 is 9.18 Å². The highest BCUT2D eigenvalue weighted by molar-refractivity contribution is 7.21. The van der Waals surface area contributed by atoms with E-state index in [1.807, 2.05) is 13.0 Å². The zero-order chi connectivity index (χ0) is 16.3. The van der Waals surface area contributed by atoms with Gasteiger partial charge in [-0.1, -0.05) is 13.0 Å². The molecule has 0 radical (unpaired) electrons. The maximum atomic E-state index is 13.9. The molecule has 2 rings (SSSR count). The smallest absolute Gasteiger partial charge is 0.261 e. The van der Waals surface area contributed by atoms with Crippen LogP contribution in [0, 0.1) is 12.7 Å². The molecular weight excluding hydrogens is 299 g/mol. The second kappa shape index (κ2) is 7.20. The van der Waals surface area contributed by atoms with Gasteiger partial charge >= 0.3 is 0 Å². The van der Waals surface area contributed by atoms with Gasteiger partial charge < -0.3 is 5.32 Å². The average Bonchev–Trinajstić information content (AvgIpc) is 2.81. The van der Waals surface area contributed by atoms with Crippen LogP contribution < -0.4 is 5.32 Å². The van der Waals surface area contributed by atoms with Crippen LogP contribution in [0.15, 0.2) is 18.2 Å². The Morgan fingerprint density at radius 2 is 2.14 bits per heavy atom. The molecule has 5 heteroatoms. The molecule has 0 aliphatic carbocycles. The van der Waals surface area contributed by atoms with Gasteiger partial charge in [0.1, 0.15) is 5.82 Å². The van der Waals surface area contributed by atoms with Gasteiger partial charge in [-0.25, -0.2) is 4.39 Å². The molecule has 1 N–H and O–H groups in total. The molecule has 0 fully saturated rings. The number of aryl methyl sites for hydroxylation is 1. The fourth-order valence-electron chi connectivity index (χ4n) is 2.64. The van der Waals surface area contributed by atoms with E-state index in [-0.39, 0.29) is 11.7 Å². The zero-order valence-electron chi connectivity index (χ0n) is 13.6. The van der Waals surface area contributed by atoms with Crippen molar-refractivity contribution in [1.29, 1.82) is 0 Å². The number of carbonyl (C=O) groups excluding carboxylic acids is 1. The SMILES string of the molecule is CCN(CCNC(=O)c1sc2cccc(F)c2c1C)C(C)C. The summed E-state index contributed by atoms with van der Waals surface area (Å²) in [6.07, 6.45) is 0. The lowest BCUT2D eigenvalue weighted by Crippen LogP contribution is -2.38. The number of rotatable bonds is 6. The number of halogens is 1. The van der Waals surface area contributed by atoms with Gasteiger partial charge in [0.15, 0.2) is 0 Å². The molecule has 0 bridgehead atoms. The van der Waals surface area contributed by atoms with E-state index < -0.39 is 0 Å². The number of thiophene rings is 1. The summed E-state index contributed by atoms with van der Waals surface area (Å²) in [5.41, 5.74) is 0.729. The first kappa shape index (κ1) is 16.9. The van der Waals surface area contributed by atoms with Gasteiger partial charge in [-0.15, -0.1) is 11.3 Å². The molecule has 22 heavy (non-hydrogen) atoms. The van der Waals surface area contributed by atoms with Gasteiger partial charge in [-0.05, 0) is 45.0 Å². The first-order valence-electron chi connectivity index (χ1n) is 7.65. The molecular formula is C17H23FN2OS. The number of hydrogen-bond donors (Lipinski definition) is 1.